The minimum absolute atomic E-state index is 0.0592. The maximum atomic E-state index is 15.1. The number of carbonyl (C=O) groups is 2. The second kappa shape index (κ2) is 20.5. The Balaban J connectivity index is 0.893. The van der Waals surface area contributed by atoms with Gasteiger partial charge in [-0.15, -0.1) is 0 Å². The van der Waals surface area contributed by atoms with E-state index >= 15 is 8.78 Å². The first-order valence-corrected chi connectivity index (χ1v) is 26.5. The predicted octanol–water partition coefficient (Wildman–Crippen LogP) is 7.29. The first-order valence-electron chi connectivity index (χ1n) is 23.1. The molecule has 0 spiro atoms. The van der Waals surface area contributed by atoms with E-state index in [1.54, 1.807) is 37.9 Å². The number of rotatable bonds is 15. The molecule has 8 rings (SSSR count). The van der Waals surface area contributed by atoms with Gasteiger partial charge in [-0.1, -0.05) is 6.92 Å². The Labute approximate surface area is 397 Å². The van der Waals surface area contributed by atoms with Crippen LogP contribution in [-0.4, -0.2) is 113 Å². The maximum absolute atomic E-state index is 15.1. The number of ether oxygens (including phenoxy) is 1. The van der Waals surface area contributed by atoms with Crippen molar-refractivity contribution in [3.8, 4) is 5.75 Å². The van der Waals surface area contributed by atoms with Gasteiger partial charge in [0.15, 0.2) is 0 Å². The Morgan fingerprint density at radius 3 is 2.28 bits per heavy atom. The summed E-state index contributed by atoms with van der Waals surface area (Å²) in [7, 11) is -2.92. The summed E-state index contributed by atoms with van der Waals surface area (Å²) in [5.41, 5.74) is 3.66. The van der Waals surface area contributed by atoms with Crippen molar-refractivity contribution in [1.29, 1.82) is 0 Å². The summed E-state index contributed by atoms with van der Waals surface area (Å²) in [6.45, 7) is 16.3. The van der Waals surface area contributed by atoms with E-state index in [4.69, 9.17) is 9.72 Å². The second-order valence-electron chi connectivity index (χ2n) is 17.8. The quantitative estimate of drug-likeness (QED) is 0.0708. The van der Waals surface area contributed by atoms with E-state index in [0.29, 0.717) is 81.5 Å². The van der Waals surface area contributed by atoms with Crippen LogP contribution in [-0.2, 0) is 33.5 Å². The van der Waals surface area contributed by atoms with Gasteiger partial charge in [0.2, 0.25) is 17.8 Å². The molecule has 5 heterocycles. The number of benzene rings is 3. The molecule has 3 aliphatic heterocycles. The van der Waals surface area contributed by atoms with Crippen molar-refractivity contribution < 1.29 is 27.7 Å². The molecular formula is C48H58BrF2N10O5P. The zero-order valence-corrected chi connectivity index (χ0v) is 41.1. The number of aryl methyl sites for hydroxylation is 2. The zero-order valence-electron chi connectivity index (χ0n) is 38.6. The van der Waals surface area contributed by atoms with Crippen molar-refractivity contribution in [2.75, 3.05) is 81.3 Å². The molecule has 2 amide bonds. The fourth-order valence-electron chi connectivity index (χ4n) is 9.67. The summed E-state index contributed by atoms with van der Waals surface area (Å²) < 4.78 is 52.2. The lowest BCUT2D eigenvalue weighted by Crippen LogP contribution is -2.53. The van der Waals surface area contributed by atoms with Gasteiger partial charge in [0.05, 0.1) is 40.0 Å². The summed E-state index contributed by atoms with van der Waals surface area (Å²) >= 11 is 3.59. The van der Waals surface area contributed by atoms with Gasteiger partial charge < -0.3 is 29.7 Å². The summed E-state index contributed by atoms with van der Waals surface area (Å²) in [6.07, 6.45) is 6.74. The van der Waals surface area contributed by atoms with Gasteiger partial charge in [-0.3, -0.25) is 24.6 Å². The molecule has 1 atom stereocenters. The highest BCUT2D eigenvalue weighted by atomic mass is 79.9. The number of carbonyl (C=O) groups excluding carboxylic acids is 2. The highest BCUT2D eigenvalue weighted by molar-refractivity contribution is 9.10. The van der Waals surface area contributed by atoms with Gasteiger partial charge in [0, 0.05) is 99.0 Å². The van der Waals surface area contributed by atoms with E-state index in [-0.39, 0.29) is 24.0 Å². The molecule has 1 unspecified atom stereocenters. The van der Waals surface area contributed by atoms with Crippen LogP contribution in [0.2, 0.25) is 0 Å². The fraction of sp³-hybridized carbons (Fsp3) is 0.458. The number of halogens is 3. The van der Waals surface area contributed by atoms with Crippen LogP contribution < -0.4 is 36.5 Å². The Hall–Kier alpha value is -5.29. The number of nitrogens with zero attached hydrogens (tertiary/aromatic N) is 7. The molecule has 5 aromatic rings. The molecule has 3 fully saturated rings. The monoisotopic (exact) mass is 1000 g/mol. The molecule has 15 nitrogen and oxygen atoms in total. The van der Waals surface area contributed by atoms with Crippen molar-refractivity contribution in [2.45, 2.75) is 77.8 Å². The van der Waals surface area contributed by atoms with E-state index in [9.17, 15) is 18.9 Å². The largest absolute Gasteiger partial charge is 0.492 e. The molecule has 3 saturated heterocycles. The van der Waals surface area contributed by atoms with Crippen molar-refractivity contribution in [3.63, 3.8) is 0 Å². The van der Waals surface area contributed by atoms with Crippen LogP contribution >= 0.6 is 23.1 Å². The molecule has 0 saturated carbocycles. The molecule has 356 valence electrons. The average molecular weight is 1000 g/mol. The summed E-state index contributed by atoms with van der Waals surface area (Å²) in [4.78, 5) is 53.7. The number of piperazine rings is 1. The highest BCUT2D eigenvalue weighted by Crippen LogP contribution is 2.42. The molecule has 0 radical (unpaired) electrons. The number of anilines is 5. The lowest BCUT2D eigenvalue weighted by atomic mass is 9.89. The van der Waals surface area contributed by atoms with Gasteiger partial charge in [-0.2, -0.15) is 10.1 Å². The summed E-state index contributed by atoms with van der Waals surface area (Å²) in [6, 6.07) is 10.8. The van der Waals surface area contributed by atoms with Crippen LogP contribution in [0.4, 0.5) is 37.6 Å². The summed E-state index contributed by atoms with van der Waals surface area (Å²) in [5.74, 6) is -2.09. The van der Waals surface area contributed by atoms with Crippen LogP contribution in [0.5, 0.6) is 5.75 Å². The van der Waals surface area contributed by atoms with E-state index in [2.05, 4.69) is 75.7 Å². The van der Waals surface area contributed by atoms with Crippen LogP contribution in [0.25, 0.3) is 10.8 Å². The van der Waals surface area contributed by atoms with Crippen LogP contribution in [0, 0.1) is 11.6 Å². The van der Waals surface area contributed by atoms with E-state index in [1.807, 2.05) is 13.8 Å². The lowest BCUT2D eigenvalue weighted by molar-refractivity contribution is -0.134. The van der Waals surface area contributed by atoms with E-state index in [0.717, 1.165) is 75.5 Å². The van der Waals surface area contributed by atoms with Crippen molar-refractivity contribution in [1.82, 2.24) is 34.9 Å². The summed E-state index contributed by atoms with van der Waals surface area (Å²) in [5, 5.41) is 14.8. The van der Waals surface area contributed by atoms with Gasteiger partial charge in [0.25, 0.3) is 5.56 Å². The predicted molar refractivity (Wildman–Crippen MR) is 262 cm³/mol. The normalized spacial score (nSPS) is 17.8. The standard InChI is InChI=1S/C48H58BrF2N10O5P/c1-6-30-25-39(55-48-52-28-35(49)45(57-48)54-38-11-9-32-34(44(38)67(4,5)65)27-53-61(7-2)47(32)64)41(66-8-3)26-40(30)60-17-14-31(15-18-60)59-21-19-58(20-22-59)16-13-29-23-36(50)43(37(51)24-29)33-10-12-42(62)56-46(33)63/h9,11,23-28,31,33H,6-8,10,12-22H2,1-5H3,(H,56,62,63)(H2,52,54,55,57). The Bertz CT molecular complexity index is 2770. The van der Waals surface area contributed by atoms with Crippen molar-refractivity contribution in [3.05, 3.63) is 91.9 Å². The third-order valence-electron chi connectivity index (χ3n) is 13.1. The number of piperidine rings is 2. The van der Waals surface area contributed by atoms with Crippen molar-refractivity contribution >= 4 is 79.8 Å². The highest BCUT2D eigenvalue weighted by Gasteiger charge is 2.33. The van der Waals surface area contributed by atoms with Gasteiger partial charge >= 0.3 is 0 Å². The Kier molecular flexibility index (Phi) is 14.8. The van der Waals surface area contributed by atoms with E-state index in [1.165, 1.54) is 16.8 Å². The number of imide groups is 1. The molecule has 0 bridgehead atoms. The van der Waals surface area contributed by atoms with Gasteiger partial charge in [0.1, 0.15) is 30.3 Å². The number of aromatic nitrogens is 4. The number of hydrogen-bond acceptors (Lipinski definition) is 13. The average Bonchev–Trinajstić information content (AvgIpc) is 3.30. The van der Waals surface area contributed by atoms with Crippen LogP contribution in [0.15, 0.2) is 58.1 Å². The zero-order chi connectivity index (χ0) is 47.6. The lowest BCUT2D eigenvalue weighted by Gasteiger charge is -2.43. The first kappa shape index (κ1) is 48.2. The number of fused-ring (bicyclic) bond motifs is 1. The molecule has 3 N–H and O–H groups in total. The fourth-order valence-corrected chi connectivity index (χ4v) is 11.4. The molecule has 2 aromatic heterocycles. The number of hydrogen-bond donors (Lipinski definition) is 3. The second-order valence-corrected chi connectivity index (χ2v) is 21.8. The number of amides is 2. The molecule has 3 aliphatic rings. The first-order chi connectivity index (χ1) is 32.1. The van der Waals surface area contributed by atoms with Crippen LogP contribution in [0.3, 0.4) is 0 Å². The van der Waals surface area contributed by atoms with Crippen LogP contribution in [0.1, 0.15) is 69.1 Å². The molecular weight excluding hydrogens is 945 g/mol. The third kappa shape index (κ3) is 10.6. The Morgan fingerprint density at radius 1 is 0.896 bits per heavy atom. The third-order valence-corrected chi connectivity index (χ3v) is 15.3. The number of nitrogens with one attached hydrogen (secondary N) is 3. The minimum atomic E-state index is -2.92. The van der Waals surface area contributed by atoms with Crippen molar-refractivity contribution in [2.24, 2.45) is 0 Å². The topological polar surface area (TPSA) is 167 Å². The molecule has 3 aromatic carbocycles. The van der Waals surface area contributed by atoms with Gasteiger partial charge in [-0.05, 0) is 117 Å². The minimum Gasteiger partial charge on any atom is -0.492 e. The molecule has 19 heteroatoms. The van der Waals surface area contributed by atoms with E-state index < -0.39 is 36.5 Å². The SMILES string of the molecule is CCOc1cc(N2CCC(N3CCN(CCc4cc(F)c(C5CCC(=O)NC5=O)c(F)c4)CC3)CC2)c(CC)cc1Nc1ncc(Br)c(Nc2ccc3c(=O)n(CC)ncc3c2P(C)(C)=O)n1. The maximum Gasteiger partial charge on any atom is 0.274 e. The smallest absolute Gasteiger partial charge is 0.274 e. The van der Waals surface area contributed by atoms with Gasteiger partial charge in [-0.25, -0.2) is 18.4 Å². The molecule has 67 heavy (non-hydrogen) atoms. The Morgan fingerprint density at radius 2 is 1.63 bits per heavy atom. The molecule has 0 aliphatic carbocycles.